The molecular formula is C16H16N4OS. The highest BCUT2D eigenvalue weighted by molar-refractivity contribution is 7.08. The van der Waals surface area contributed by atoms with Crippen molar-refractivity contribution < 1.29 is 4.79 Å². The molecule has 0 fully saturated rings. The number of fused-ring (bicyclic) bond motifs is 1. The molecule has 0 radical (unpaired) electrons. The van der Waals surface area contributed by atoms with Crippen molar-refractivity contribution in [3.8, 4) is 0 Å². The van der Waals surface area contributed by atoms with Gasteiger partial charge in [-0.3, -0.25) is 4.79 Å². The van der Waals surface area contributed by atoms with Gasteiger partial charge in [0.15, 0.2) is 0 Å². The van der Waals surface area contributed by atoms with Gasteiger partial charge in [-0.15, -0.1) is 0 Å². The molecule has 1 amide bonds. The Bertz CT molecular complexity index is 794. The van der Waals surface area contributed by atoms with E-state index in [1.54, 1.807) is 0 Å². The molecule has 5 nitrogen and oxygen atoms in total. The highest BCUT2D eigenvalue weighted by Gasteiger charge is 2.08. The summed E-state index contributed by atoms with van der Waals surface area (Å²) in [5.41, 5.74) is 2.66. The van der Waals surface area contributed by atoms with E-state index in [-0.39, 0.29) is 5.91 Å². The monoisotopic (exact) mass is 312 g/mol. The number of para-hydroxylation sites is 1. The van der Waals surface area contributed by atoms with Gasteiger partial charge in [0.05, 0.1) is 11.1 Å². The van der Waals surface area contributed by atoms with Gasteiger partial charge in [-0.2, -0.15) is 11.3 Å². The van der Waals surface area contributed by atoms with Crippen LogP contribution in [0.5, 0.6) is 0 Å². The molecule has 3 aromatic rings. The van der Waals surface area contributed by atoms with Crippen LogP contribution in [0.15, 0.2) is 41.4 Å². The molecule has 0 unspecified atom stereocenters. The van der Waals surface area contributed by atoms with E-state index in [1.165, 1.54) is 17.7 Å². The van der Waals surface area contributed by atoms with Gasteiger partial charge in [-0.1, -0.05) is 12.1 Å². The Labute approximate surface area is 132 Å². The Balaban J connectivity index is 1.57. The molecule has 0 aliphatic rings. The first-order chi connectivity index (χ1) is 10.8. The Hall–Kier alpha value is -2.47. The number of amides is 1. The van der Waals surface area contributed by atoms with Gasteiger partial charge in [0.2, 0.25) is 0 Å². The maximum Gasteiger partial charge on any atom is 0.252 e. The molecule has 0 aliphatic carbocycles. The molecule has 0 saturated carbocycles. The maximum absolute atomic E-state index is 12.0. The molecule has 0 bridgehead atoms. The third-order valence-corrected chi connectivity index (χ3v) is 4.21. The lowest BCUT2D eigenvalue weighted by Crippen LogP contribution is -2.29. The topological polar surface area (TPSA) is 66.9 Å². The first-order valence-corrected chi connectivity index (χ1v) is 7.94. The predicted molar refractivity (Wildman–Crippen MR) is 89.4 cm³/mol. The highest BCUT2D eigenvalue weighted by atomic mass is 32.1. The zero-order valence-corrected chi connectivity index (χ0v) is 13.0. The molecule has 1 aromatic carbocycles. The van der Waals surface area contributed by atoms with Crippen molar-refractivity contribution in [1.29, 1.82) is 0 Å². The molecule has 2 aromatic heterocycles. The zero-order valence-electron chi connectivity index (χ0n) is 12.2. The minimum atomic E-state index is -0.0342. The molecular weight excluding hydrogens is 296 g/mol. The average molecular weight is 312 g/mol. The summed E-state index contributed by atoms with van der Waals surface area (Å²) in [6, 6.07) is 7.83. The van der Waals surface area contributed by atoms with Crippen molar-refractivity contribution in [3.63, 3.8) is 0 Å². The number of hydrogen-bond donors (Lipinski definition) is 2. The summed E-state index contributed by atoms with van der Waals surface area (Å²) in [6.45, 7) is 3.08. The van der Waals surface area contributed by atoms with Crippen LogP contribution < -0.4 is 10.6 Å². The minimum Gasteiger partial charge on any atom is -0.368 e. The molecule has 22 heavy (non-hydrogen) atoms. The number of hydrogen-bond acceptors (Lipinski definition) is 5. The fourth-order valence-corrected chi connectivity index (χ4v) is 3.02. The van der Waals surface area contributed by atoms with E-state index in [1.807, 2.05) is 41.9 Å². The zero-order chi connectivity index (χ0) is 15.4. The Morgan fingerprint density at radius 2 is 2.05 bits per heavy atom. The van der Waals surface area contributed by atoms with E-state index in [2.05, 4.69) is 20.6 Å². The Kier molecular flexibility index (Phi) is 4.29. The molecule has 2 heterocycles. The molecule has 0 atom stereocenters. The van der Waals surface area contributed by atoms with Crippen LogP contribution in [0.4, 0.5) is 5.82 Å². The Morgan fingerprint density at radius 3 is 2.86 bits per heavy atom. The van der Waals surface area contributed by atoms with Gasteiger partial charge in [-0.25, -0.2) is 9.97 Å². The van der Waals surface area contributed by atoms with Crippen LogP contribution in [-0.4, -0.2) is 29.0 Å². The van der Waals surface area contributed by atoms with Crippen molar-refractivity contribution in [3.05, 3.63) is 52.5 Å². The number of nitrogens with one attached hydrogen (secondary N) is 2. The lowest BCUT2D eigenvalue weighted by atomic mass is 10.2. The second-order valence-corrected chi connectivity index (χ2v) is 5.63. The number of carbonyl (C=O) groups excluding carboxylic acids is 1. The van der Waals surface area contributed by atoms with Crippen LogP contribution in [0, 0.1) is 6.92 Å². The lowest BCUT2D eigenvalue weighted by Gasteiger charge is -2.09. The number of benzene rings is 1. The van der Waals surface area contributed by atoms with Crippen molar-refractivity contribution in [2.75, 3.05) is 18.4 Å². The second kappa shape index (κ2) is 6.53. The number of aryl methyl sites for hydroxylation is 1. The third kappa shape index (κ3) is 3.07. The van der Waals surface area contributed by atoms with Gasteiger partial charge in [0.25, 0.3) is 5.91 Å². The molecule has 3 rings (SSSR count). The summed E-state index contributed by atoms with van der Waals surface area (Å²) in [7, 11) is 0. The van der Waals surface area contributed by atoms with Gasteiger partial charge >= 0.3 is 0 Å². The maximum atomic E-state index is 12.0. The van der Waals surface area contributed by atoms with Crippen molar-refractivity contribution in [2.24, 2.45) is 0 Å². The predicted octanol–water partition coefficient (Wildman–Crippen LogP) is 2.84. The summed E-state index contributed by atoms with van der Waals surface area (Å²) in [5.74, 6) is 0.750. The van der Waals surface area contributed by atoms with Crippen molar-refractivity contribution in [2.45, 2.75) is 6.92 Å². The fourth-order valence-electron chi connectivity index (χ4n) is 2.19. The molecule has 0 saturated heterocycles. The second-order valence-electron chi connectivity index (χ2n) is 4.89. The number of aromatic nitrogens is 2. The number of thiophene rings is 1. The Morgan fingerprint density at radius 1 is 1.18 bits per heavy atom. The van der Waals surface area contributed by atoms with E-state index >= 15 is 0 Å². The lowest BCUT2D eigenvalue weighted by molar-refractivity contribution is 0.0955. The molecule has 2 N–H and O–H groups in total. The van der Waals surface area contributed by atoms with Crippen LogP contribution in [0.2, 0.25) is 0 Å². The SMILES string of the molecule is Cc1cscc1C(=O)NCCNc1ncnc2ccccc12. The first-order valence-electron chi connectivity index (χ1n) is 7.00. The van der Waals surface area contributed by atoms with Gasteiger partial charge in [0, 0.05) is 23.9 Å². The van der Waals surface area contributed by atoms with Gasteiger partial charge in [-0.05, 0) is 30.0 Å². The highest BCUT2D eigenvalue weighted by Crippen LogP contribution is 2.17. The number of anilines is 1. The average Bonchev–Trinajstić information content (AvgIpc) is 2.97. The van der Waals surface area contributed by atoms with Crippen molar-refractivity contribution >= 4 is 34.0 Å². The van der Waals surface area contributed by atoms with Crippen LogP contribution in [-0.2, 0) is 0 Å². The molecule has 112 valence electrons. The first kappa shape index (κ1) is 14.5. The van der Waals surface area contributed by atoms with Crippen LogP contribution in [0.25, 0.3) is 10.9 Å². The summed E-state index contributed by atoms with van der Waals surface area (Å²) in [4.78, 5) is 20.5. The van der Waals surface area contributed by atoms with E-state index in [0.29, 0.717) is 13.1 Å². The normalized spacial score (nSPS) is 10.6. The van der Waals surface area contributed by atoms with E-state index in [4.69, 9.17) is 0 Å². The van der Waals surface area contributed by atoms with Crippen LogP contribution in [0.3, 0.4) is 0 Å². The largest absolute Gasteiger partial charge is 0.368 e. The number of nitrogens with zero attached hydrogens (tertiary/aromatic N) is 2. The molecule has 0 aliphatic heterocycles. The van der Waals surface area contributed by atoms with Gasteiger partial charge < -0.3 is 10.6 Å². The van der Waals surface area contributed by atoms with E-state index in [9.17, 15) is 4.79 Å². The molecule has 6 heteroatoms. The summed E-state index contributed by atoms with van der Waals surface area (Å²) >= 11 is 1.54. The minimum absolute atomic E-state index is 0.0342. The number of rotatable bonds is 5. The summed E-state index contributed by atoms with van der Waals surface area (Å²) in [5, 5.41) is 11.0. The van der Waals surface area contributed by atoms with E-state index < -0.39 is 0 Å². The quantitative estimate of drug-likeness (QED) is 0.711. The van der Waals surface area contributed by atoms with Gasteiger partial charge in [0.1, 0.15) is 12.1 Å². The summed E-state index contributed by atoms with van der Waals surface area (Å²) in [6.07, 6.45) is 1.54. The molecule has 0 spiro atoms. The standard InChI is InChI=1S/C16H16N4OS/c1-11-8-22-9-13(11)16(21)18-7-6-17-15-12-4-2-3-5-14(12)19-10-20-15/h2-5,8-10H,6-7H2,1H3,(H,18,21)(H,17,19,20). The fraction of sp³-hybridized carbons (Fsp3) is 0.188. The van der Waals surface area contributed by atoms with Crippen LogP contribution >= 0.6 is 11.3 Å². The van der Waals surface area contributed by atoms with Crippen molar-refractivity contribution in [1.82, 2.24) is 15.3 Å². The summed E-state index contributed by atoms with van der Waals surface area (Å²) < 4.78 is 0. The van der Waals surface area contributed by atoms with E-state index in [0.717, 1.165) is 27.8 Å². The number of carbonyl (C=O) groups is 1. The smallest absolute Gasteiger partial charge is 0.252 e. The van der Waals surface area contributed by atoms with Crippen LogP contribution in [0.1, 0.15) is 15.9 Å². The third-order valence-electron chi connectivity index (χ3n) is 3.35.